The van der Waals surface area contributed by atoms with Gasteiger partial charge in [0.15, 0.2) is 11.6 Å². The van der Waals surface area contributed by atoms with E-state index in [1.807, 2.05) is 66.4 Å². The number of carbonyl (C=O) groups is 1. The number of amides is 1. The summed E-state index contributed by atoms with van der Waals surface area (Å²) in [6.45, 7) is 4.18. The van der Waals surface area contributed by atoms with Crippen LogP contribution in [0.15, 0.2) is 59.2 Å². The molecule has 0 aliphatic heterocycles. The Balaban J connectivity index is 1.73. The lowest BCUT2D eigenvalue weighted by Crippen LogP contribution is -2.19. The standard InChI is InChI=1S/C20H19N7O2/c1-3-27(16-7-5-4-6-8-16)20-19(23-17-18(24-20)26-29-25-17)22-15-11-9-14(10-12-15)21-13(2)28/h4-12H,3H2,1-2H3,(H,21,28)(H,22,23,25). The smallest absolute Gasteiger partial charge is 0.245 e. The second-order valence-electron chi connectivity index (χ2n) is 6.27. The molecule has 4 aromatic rings. The molecule has 0 fully saturated rings. The van der Waals surface area contributed by atoms with Gasteiger partial charge in [0.1, 0.15) is 0 Å². The van der Waals surface area contributed by atoms with E-state index in [1.54, 1.807) is 0 Å². The summed E-state index contributed by atoms with van der Waals surface area (Å²) < 4.78 is 4.79. The molecule has 0 bridgehead atoms. The maximum Gasteiger partial charge on any atom is 0.245 e. The van der Waals surface area contributed by atoms with Crippen LogP contribution in [-0.4, -0.2) is 32.7 Å². The third kappa shape index (κ3) is 3.98. The largest absolute Gasteiger partial charge is 0.337 e. The predicted octanol–water partition coefficient (Wildman–Crippen LogP) is 3.87. The van der Waals surface area contributed by atoms with Crippen LogP contribution in [0.25, 0.3) is 11.3 Å². The van der Waals surface area contributed by atoms with Crippen LogP contribution in [0.2, 0.25) is 0 Å². The van der Waals surface area contributed by atoms with Gasteiger partial charge < -0.3 is 15.5 Å². The van der Waals surface area contributed by atoms with Gasteiger partial charge in [-0.25, -0.2) is 14.6 Å². The molecule has 0 unspecified atom stereocenters. The van der Waals surface area contributed by atoms with Crippen LogP contribution in [-0.2, 0) is 4.79 Å². The predicted molar refractivity (Wildman–Crippen MR) is 111 cm³/mol. The number of carbonyl (C=O) groups excluding carboxylic acids is 1. The van der Waals surface area contributed by atoms with Gasteiger partial charge in [0, 0.05) is 30.5 Å². The number of nitrogens with zero attached hydrogens (tertiary/aromatic N) is 5. The lowest BCUT2D eigenvalue weighted by atomic mass is 10.2. The van der Waals surface area contributed by atoms with E-state index in [9.17, 15) is 4.79 Å². The van der Waals surface area contributed by atoms with Crippen molar-refractivity contribution in [3.05, 3.63) is 54.6 Å². The normalized spacial score (nSPS) is 10.7. The van der Waals surface area contributed by atoms with E-state index in [1.165, 1.54) is 6.92 Å². The monoisotopic (exact) mass is 389 g/mol. The number of rotatable bonds is 6. The zero-order chi connectivity index (χ0) is 20.2. The van der Waals surface area contributed by atoms with E-state index < -0.39 is 0 Å². The number of benzene rings is 2. The summed E-state index contributed by atoms with van der Waals surface area (Å²) in [6.07, 6.45) is 0. The van der Waals surface area contributed by atoms with Gasteiger partial charge in [-0.05, 0) is 53.6 Å². The molecule has 2 aromatic carbocycles. The molecule has 0 aliphatic carbocycles. The minimum Gasteiger partial charge on any atom is -0.337 e. The van der Waals surface area contributed by atoms with Crippen molar-refractivity contribution in [3.63, 3.8) is 0 Å². The lowest BCUT2D eigenvalue weighted by molar-refractivity contribution is -0.114. The van der Waals surface area contributed by atoms with Gasteiger partial charge in [-0.2, -0.15) is 0 Å². The van der Waals surface area contributed by atoms with Crippen molar-refractivity contribution in [2.24, 2.45) is 0 Å². The summed E-state index contributed by atoms with van der Waals surface area (Å²) in [4.78, 5) is 22.4. The van der Waals surface area contributed by atoms with Crippen molar-refractivity contribution in [1.29, 1.82) is 0 Å². The average molecular weight is 389 g/mol. The molecule has 0 spiro atoms. The van der Waals surface area contributed by atoms with Crippen LogP contribution in [0.3, 0.4) is 0 Å². The molecule has 2 heterocycles. The number of nitrogens with one attached hydrogen (secondary N) is 2. The second-order valence-corrected chi connectivity index (χ2v) is 6.27. The van der Waals surface area contributed by atoms with Gasteiger partial charge in [0.2, 0.25) is 17.2 Å². The third-order valence-corrected chi connectivity index (χ3v) is 4.20. The minimum absolute atomic E-state index is 0.121. The lowest BCUT2D eigenvalue weighted by Gasteiger charge is -2.24. The summed E-state index contributed by atoms with van der Waals surface area (Å²) in [5, 5.41) is 13.6. The van der Waals surface area contributed by atoms with Crippen molar-refractivity contribution < 1.29 is 9.42 Å². The molecule has 29 heavy (non-hydrogen) atoms. The van der Waals surface area contributed by atoms with E-state index >= 15 is 0 Å². The summed E-state index contributed by atoms with van der Waals surface area (Å²) in [5.41, 5.74) is 3.12. The molecule has 0 atom stereocenters. The molecule has 0 aliphatic rings. The highest BCUT2D eigenvalue weighted by molar-refractivity contribution is 5.89. The quantitative estimate of drug-likeness (QED) is 0.511. The topological polar surface area (TPSA) is 109 Å². The summed E-state index contributed by atoms with van der Waals surface area (Å²) in [7, 11) is 0. The van der Waals surface area contributed by atoms with Crippen LogP contribution in [0.4, 0.5) is 28.7 Å². The van der Waals surface area contributed by atoms with Gasteiger partial charge in [0.05, 0.1) is 0 Å². The Morgan fingerprint density at radius 3 is 2.28 bits per heavy atom. The van der Waals surface area contributed by atoms with Crippen LogP contribution in [0, 0.1) is 0 Å². The van der Waals surface area contributed by atoms with Gasteiger partial charge >= 0.3 is 0 Å². The zero-order valence-corrected chi connectivity index (χ0v) is 16.0. The molecule has 1 amide bonds. The molecule has 4 rings (SSSR count). The minimum atomic E-state index is -0.121. The SMILES string of the molecule is CCN(c1ccccc1)c1nc2nonc2nc1Nc1ccc(NC(C)=O)cc1. The molecular formula is C20H19N7O2. The maximum atomic E-state index is 11.2. The first-order chi connectivity index (χ1) is 14.1. The van der Waals surface area contributed by atoms with Crippen molar-refractivity contribution in [2.45, 2.75) is 13.8 Å². The highest BCUT2D eigenvalue weighted by atomic mass is 16.6. The molecule has 9 heteroatoms. The van der Waals surface area contributed by atoms with E-state index in [0.717, 1.165) is 11.4 Å². The number of hydrogen-bond donors (Lipinski definition) is 2. The summed E-state index contributed by atoms with van der Waals surface area (Å²) in [5.74, 6) is 1.00. The molecular weight excluding hydrogens is 370 g/mol. The van der Waals surface area contributed by atoms with Crippen molar-refractivity contribution >= 4 is 45.9 Å². The van der Waals surface area contributed by atoms with E-state index in [-0.39, 0.29) is 5.91 Å². The molecule has 0 radical (unpaired) electrons. The zero-order valence-electron chi connectivity index (χ0n) is 16.0. The Hall–Kier alpha value is -4.01. The number of hydrogen-bond acceptors (Lipinski definition) is 8. The van der Waals surface area contributed by atoms with E-state index in [0.29, 0.717) is 35.2 Å². The Kier molecular flexibility index (Phi) is 5.02. The van der Waals surface area contributed by atoms with Crippen molar-refractivity contribution in [3.8, 4) is 0 Å². The number of anilines is 5. The average Bonchev–Trinajstić information content (AvgIpc) is 3.18. The third-order valence-electron chi connectivity index (χ3n) is 4.20. The fraction of sp³-hybridized carbons (Fsp3) is 0.150. The molecule has 0 saturated carbocycles. The molecule has 0 saturated heterocycles. The van der Waals surface area contributed by atoms with Crippen molar-refractivity contribution in [1.82, 2.24) is 20.3 Å². The first-order valence-corrected chi connectivity index (χ1v) is 9.11. The Morgan fingerprint density at radius 2 is 1.62 bits per heavy atom. The number of fused-ring (bicyclic) bond motifs is 1. The van der Waals surface area contributed by atoms with Gasteiger partial charge in [-0.15, -0.1) is 0 Å². The molecule has 9 nitrogen and oxygen atoms in total. The Bertz CT molecular complexity index is 1130. The molecule has 2 N–H and O–H groups in total. The second kappa shape index (κ2) is 7.93. The highest BCUT2D eigenvalue weighted by Gasteiger charge is 2.19. The fourth-order valence-corrected chi connectivity index (χ4v) is 2.94. The molecule has 146 valence electrons. The summed E-state index contributed by atoms with van der Waals surface area (Å²) >= 11 is 0. The van der Waals surface area contributed by atoms with Crippen LogP contribution < -0.4 is 15.5 Å². The van der Waals surface area contributed by atoms with Crippen LogP contribution >= 0.6 is 0 Å². The first kappa shape index (κ1) is 18.4. The van der Waals surface area contributed by atoms with E-state index in [4.69, 9.17) is 4.63 Å². The maximum absolute atomic E-state index is 11.2. The fourth-order valence-electron chi connectivity index (χ4n) is 2.94. The number of para-hydroxylation sites is 1. The van der Waals surface area contributed by atoms with Crippen LogP contribution in [0.1, 0.15) is 13.8 Å². The van der Waals surface area contributed by atoms with Crippen LogP contribution in [0.5, 0.6) is 0 Å². The van der Waals surface area contributed by atoms with Gasteiger partial charge in [0.25, 0.3) is 0 Å². The highest BCUT2D eigenvalue weighted by Crippen LogP contribution is 2.32. The van der Waals surface area contributed by atoms with Gasteiger partial charge in [-0.3, -0.25) is 4.79 Å². The van der Waals surface area contributed by atoms with E-state index in [2.05, 4.69) is 30.9 Å². The van der Waals surface area contributed by atoms with Gasteiger partial charge in [-0.1, -0.05) is 18.2 Å². The molecule has 2 aromatic heterocycles. The first-order valence-electron chi connectivity index (χ1n) is 9.11. The summed E-state index contributed by atoms with van der Waals surface area (Å²) in [6, 6.07) is 17.2. The Labute approximate surface area is 166 Å². The Morgan fingerprint density at radius 1 is 0.966 bits per heavy atom. The number of aromatic nitrogens is 4. The van der Waals surface area contributed by atoms with Crippen molar-refractivity contribution in [2.75, 3.05) is 22.1 Å².